The summed E-state index contributed by atoms with van der Waals surface area (Å²) in [5, 5.41) is 2.57. The molecule has 5 nitrogen and oxygen atoms in total. The zero-order valence-corrected chi connectivity index (χ0v) is 14.6. The van der Waals surface area contributed by atoms with E-state index >= 15 is 0 Å². The number of rotatable bonds is 6. The lowest BCUT2D eigenvalue weighted by Crippen LogP contribution is -2.40. The van der Waals surface area contributed by atoms with E-state index in [1.54, 1.807) is 19.1 Å². The Morgan fingerprint density at radius 2 is 2.12 bits per heavy atom. The highest BCUT2D eigenvalue weighted by atomic mass is 35.5. The van der Waals surface area contributed by atoms with Crippen LogP contribution in [0.4, 0.5) is 10.1 Å². The van der Waals surface area contributed by atoms with Crippen molar-refractivity contribution in [1.82, 2.24) is 4.90 Å². The molecule has 1 aromatic carbocycles. The quantitative estimate of drug-likeness (QED) is 0.794. The zero-order chi connectivity index (χ0) is 16.7. The Hall–Kier alpha value is -1.66. The van der Waals surface area contributed by atoms with Crippen LogP contribution in [0.25, 0.3) is 0 Å². The number of hydrogen-bond donors (Lipinski definition) is 1. The lowest BCUT2D eigenvalue weighted by atomic mass is 9.98. The predicted molar refractivity (Wildman–Crippen MR) is 92.7 cm³/mol. The molecule has 0 spiro atoms. The minimum Gasteiger partial charge on any atom is -0.466 e. The van der Waals surface area contributed by atoms with Crippen LogP contribution in [0.2, 0.25) is 0 Å². The van der Waals surface area contributed by atoms with Crippen molar-refractivity contribution < 1.29 is 18.7 Å². The number of hydrogen-bond acceptors (Lipinski definition) is 4. The van der Waals surface area contributed by atoms with Gasteiger partial charge in [-0.2, -0.15) is 0 Å². The lowest BCUT2D eigenvalue weighted by molar-refractivity contribution is -0.149. The molecule has 1 aliphatic heterocycles. The van der Waals surface area contributed by atoms with E-state index in [9.17, 15) is 14.0 Å². The van der Waals surface area contributed by atoms with Gasteiger partial charge in [0.25, 0.3) is 0 Å². The van der Waals surface area contributed by atoms with Crippen LogP contribution >= 0.6 is 12.4 Å². The van der Waals surface area contributed by atoms with Crippen molar-refractivity contribution in [2.75, 3.05) is 31.6 Å². The first-order valence-corrected chi connectivity index (χ1v) is 8.03. The van der Waals surface area contributed by atoms with Gasteiger partial charge in [-0.05, 0) is 38.4 Å². The Balaban J connectivity index is 0.00000288. The van der Waals surface area contributed by atoms with Crippen molar-refractivity contribution in [3.05, 3.63) is 30.1 Å². The largest absolute Gasteiger partial charge is 0.466 e. The van der Waals surface area contributed by atoms with Crippen LogP contribution in [0.1, 0.15) is 26.2 Å². The Morgan fingerprint density at radius 1 is 1.38 bits per heavy atom. The number of para-hydroxylation sites is 1. The number of nitrogens with one attached hydrogen (secondary N) is 1. The van der Waals surface area contributed by atoms with Crippen molar-refractivity contribution in [1.29, 1.82) is 0 Å². The number of amides is 1. The molecule has 1 aromatic rings. The number of benzene rings is 1. The number of carbonyl (C=O) groups excluding carboxylic acids is 2. The van der Waals surface area contributed by atoms with Gasteiger partial charge in [0.2, 0.25) is 5.91 Å². The highest BCUT2D eigenvalue weighted by Gasteiger charge is 2.26. The second kappa shape index (κ2) is 10.3. The molecule has 0 radical (unpaired) electrons. The minimum atomic E-state index is -0.443. The van der Waals surface area contributed by atoms with E-state index in [0.717, 1.165) is 19.4 Å². The summed E-state index contributed by atoms with van der Waals surface area (Å²) >= 11 is 0. The lowest BCUT2D eigenvalue weighted by Gasteiger charge is -2.31. The molecule has 1 aliphatic rings. The molecule has 2 rings (SSSR count). The van der Waals surface area contributed by atoms with Crippen molar-refractivity contribution in [3.8, 4) is 0 Å². The van der Waals surface area contributed by atoms with Gasteiger partial charge in [0.1, 0.15) is 5.82 Å². The summed E-state index contributed by atoms with van der Waals surface area (Å²) in [5.41, 5.74) is 0.195. The van der Waals surface area contributed by atoms with Gasteiger partial charge in [-0.1, -0.05) is 12.1 Å². The van der Waals surface area contributed by atoms with Gasteiger partial charge in [-0.3, -0.25) is 9.59 Å². The first kappa shape index (κ1) is 20.4. The molecule has 7 heteroatoms. The van der Waals surface area contributed by atoms with Crippen LogP contribution in [-0.4, -0.2) is 43.0 Å². The Labute approximate surface area is 148 Å². The fraction of sp³-hybridized carbons (Fsp3) is 0.529. The summed E-state index contributed by atoms with van der Waals surface area (Å²) in [7, 11) is 0. The van der Waals surface area contributed by atoms with E-state index in [-0.39, 0.29) is 42.3 Å². The highest BCUT2D eigenvalue weighted by molar-refractivity contribution is 5.90. The first-order valence-electron chi connectivity index (χ1n) is 8.03. The third kappa shape index (κ3) is 6.09. The number of anilines is 1. The summed E-state index contributed by atoms with van der Waals surface area (Å²) in [6.07, 6.45) is 2.01. The van der Waals surface area contributed by atoms with E-state index in [1.165, 1.54) is 12.1 Å². The van der Waals surface area contributed by atoms with E-state index in [2.05, 4.69) is 10.2 Å². The molecule has 24 heavy (non-hydrogen) atoms. The maximum atomic E-state index is 13.5. The molecule has 1 saturated heterocycles. The average molecular weight is 359 g/mol. The SMILES string of the molecule is CCOC(=O)C1CCCN(CCC(=O)Nc2ccccc2F)C1.Cl. The molecule has 134 valence electrons. The second-order valence-electron chi connectivity index (χ2n) is 5.67. The molecule has 1 unspecified atom stereocenters. The number of likely N-dealkylation sites (tertiary alicyclic amines) is 1. The second-order valence-corrected chi connectivity index (χ2v) is 5.67. The molecule has 1 N–H and O–H groups in total. The maximum absolute atomic E-state index is 13.5. The van der Waals surface area contributed by atoms with Crippen molar-refractivity contribution in [2.45, 2.75) is 26.2 Å². The molecule has 1 atom stereocenters. The molecule has 1 heterocycles. The van der Waals surface area contributed by atoms with Gasteiger partial charge in [-0.15, -0.1) is 12.4 Å². The van der Waals surface area contributed by atoms with Crippen molar-refractivity contribution >= 4 is 30.0 Å². The van der Waals surface area contributed by atoms with E-state index < -0.39 is 5.82 Å². The van der Waals surface area contributed by atoms with E-state index in [0.29, 0.717) is 19.7 Å². The van der Waals surface area contributed by atoms with Crippen LogP contribution in [0, 0.1) is 11.7 Å². The average Bonchev–Trinajstić information content (AvgIpc) is 2.56. The summed E-state index contributed by atoms with van der Waals surface area (Å²) < 4.78 is 18.5. The van der Waals surface area contributed by atoms with Gasteiger partial charge in [0.05, 0.1) is 18.2 Å². The first-order chi connectivity index (χ1) is 11.1. The highest BCUT2D eigenvalue weighted by Crippen LogP contribution is 2.18. The topological polar surface area (TPSA) is 58.6 Å². The zero-order valence-electron chi connectivity index (χ0n) is 13.8. The molecular formula is C17H24ClFN2O3. The fourth-order valence-electron chi connectivity index (χ4n) is 2.75. The number of carbonyl (C=O) groups is 2. The molecule has 0 bridgehead atoms. The standard InChI is InChI=1S/C17H23FN2O3.ClH/c1-2-23-17(22)13-6-5-10-20(12-13)11-9-16(21)19-15-8-4-3-7-14(15)18;/h3-4,7-8,13H,2,5-6,9-12H2,1H3,(H,19,21);1H. The summed E-state index contributed by atoms with van der Waals surface area (Å²) in [4.78, 5) is 25.8. The number of piperidine rings is 1. The summed E-state index contributed by atoms with van der Waals surface area (Å²) in [6, 6.07) is 6.09. The molecule has 0 aromatic heterocycles. The molecule has 1 amide bonds. The molecule has 0 saturated carbocycles. The molecule has 0 aliphatic carbocycles. The van der Waals surface area contributed by atoms with Gasteiger partial charge < -0.3 is 15.0 Å². The van der Waals surface area contributed by atoms with E-state index in [1.807, 2.05) is 0 Å². The van der Waals surface area contributed by atoms with Crippen molar-refractivity contribution in [2.24, 2.45) is 5.92 Å². The van der Waals surface area contributed by atoms with Crippen LogP contribution in [0.15, 0.2) is 24.3 Å². The predicted octanol–water partition coefficient (Wildman–Crippen LogP) is 2.85. The maximum Gasteiger partial charge on any atom is 0.310 e. The van der Waals surface area contributed by atoms with Gasteiger partial charge >= 0.3 is 5.97 Å². The third-order valence-corrected chi connectivity index (χ3v) is 3.93. The van der Waals surface area contributed by atoms with Gasteiger partial charge in [0.15, 0.2) is 0 Å². The fourth-order valence-corrected chi connectivity index (χ4v) is 2.75. The third-order valence-electron chi connectivity index (χ3n) is 3.93. The van der Waals surface area contributed by atoms with Crippen LogP contribution in [-0.2, 0) is 14.3 Å². The van der Waals surface area contributed by atoms with Crippen LogP contribution in [0.5, 0.6) is 0 Å². The molecular weight excluding hydrogens is 335 g/mol. The number of ether oxygens (including phenoxy) is 1. The molecule has 1 fully saturated rings. The normalized spacial score (nSPS) is 17.7. The Kier molecular flexibility index (Phi) is 8.71. The Bertz CT molecular complexity index is 556. The number of esters is 1. The smallest absolute Gasteiger partial charge is 0.310 e. The van der Waals surface area contributed by atoms with Crippen molar-refractivity contribution in [3.63, 3.8) is 0 Å². The monoisotopic (exact) mass is 358 g/mol. The number of halogens is 2. The van der Waals surface area contributed by atoms with Crippen LogP contribution in [0.3, 0.4) is 0 Å². The Morgan fingerprint density at radius 3 is 2.83 bits per heavy atom. The summed E-state index contributed by atoms with van der Waals surface area (Å²) in [6.45, 7) is 4.22. The summed E-state index contributed by atoms with van der Waals surface area (Å²) in [5.74, 6) is -0.944. The number of nitrogens with zero attached hydrogens (tertiary/aromatic N) is 1. The van der Waals surface area contributed by atoms with Gasteiger partial charge in [0, 0.05) is 19.5 Å². The van der Waals surface area contributed by atoms with E-state index in [4.69, 9.17) is 4.74 Å². The van der Waals surface area contributed by atoms with Gasteiger partial charge in [-0.25, -0.2) is 4.39 Å². The minimum absolute atomic E-state index is 0. The van der Waals surface area contributed by atoms with Crippen LogP contribution < -0.4 is 5.32 Å².